The molecule has 8 heteroatoms. The van der Waals surface area contributed by atoms with E-state index in [1.807, 2.05) is 42.5 Å². The number of aromatic nitrogens is 2. The summed E-state index contributed by atoms with van der Waals surface area (Å²) in [5.41, 5.74) is 12.7. The van der Waals surface area contributed by atoms with Crippen LogP contribution < -0.4 is 26.3 Å². The second-order valence-corrected chi connectivity index (χ2v) is 6.94. The van der Waals surface area contributed by atoms with Crippen molar-refractivity contribution in [1.82, 2.24) is 15.3 Å². The number of aliphatic imine (C=N–C) groups is 1. The summed E-state index contributed by atoms with van der Waals surface area (Å²) in [6.45, 7) is 1.79. The highest BCUT2D eigenvalue weighted by atomic mass is 16.5. The molecule has 0 radical (unpaired) electrons. The maximum Gasteiger partial charge on any atom is 0.235 e. The summed E-state index contributed by atoms with van der Waals surface area (Å²) in [4.78, 5) is 12.9. The lowest BCUT2D eigenvalue weighted by atomic mass is 10.1. The molecular formula is C22H24N6O2. The number of benzene rings is 2. The first kappa shape index (κ1) is 19.7. The van der Waals surface area contributed by atoms with E-state index in [0.717, 1.165) is 31.7 Å². The molecule has 3 aromatic rings. The summed E-state index contributed by atoms with van der Waals surface area (Å²) in [5.74, 6) is 2.81. The Morgan fingerprint density at radius 3 is 2.37 bits per heavy atom. The molecule has 0 unspecified atom stereocenters. The molecule has 0 saturated carbocycles. The van der Waals surface area contributed by atoms with Gasteiger partial charge in [-0.25, -0.2) is 9.97 Å². The van der Waals surface area contributed by atoms with Gasteiger partial charge in [-0.1, -0.05) is 18.2 Å². The Morgan fingerprint density at radius 2 is 1.67 bits per heavy atom. The highest BCUT2D eigenvalue weighted by Crippen LogP contribution is 2.29. The predicted octanol–water partition coefficient (Wildman–Crippen LogP) is 3.10. The molecule has 1 aliphatic rings. The third-order valence-corrected chi connectivity index (χ3v) is 4.71. The van der Waals surface area contributed by atoms with Crippen LogP contribution >= 0.6 is 0 Å². The van der Waals surface area contributed by atoms with Crippen LogP contribution in [0, 0.1) is 0 Å². The van der Waals surface area contributed by atoms with E-state index in [1.165, 1.54) is 6.33 Å². The number of amidine groups is 1. The molecule has 2 heterocycles. The first-order valence-electron chi connectivity index (χ1n) is 9.84. The van der Waals surface area contributed by atoms with Gasteiger partial charge in [0.2, 0.25) is 5.88 Å². The second-order valence-electron chi connectivity index (χ2n) is 6.94. The number of anilines is 1. The third kappa shape index (κ3) is 4.84. The maximum atomic E-state index is 6.25. The summed E-state index contributed by atoms with van der Waals surface area (Å²) in [6.07, 6.45) is 3.37. The topological polar surface area (TPSA) is 121 Å². The van der Waals surface area contributed by atoms with Gasteiger partial charge < -0.3 is 26.3 Å². The number of nitrogens with one attached hydrogen (secondary N) is 1. The average molecular weight is 404 g/mol. The van der Waals surface area contributed by atoms with Crippen molar-refractivity contribution in [3.05, 3.63) is 66.5 Å². The summed E-state index contributed by atoms with van der Waals surface area (Å²) in [6, 6.07) is 16.9. The number of nitrogens with zero attached hydrogens (tertiary/aromatic N) is 3. The molecule has 8 nitrogen and oxygen atoms in total. The minimum atomic E-state index is 0.0978. The van der Waals surface area contributed by atoms with Crippen molar-refractivity contribution in [3.8, 4) is 23.1 Å². The van der Waals surface area contributed by atoms with E-state index in [-0.39, 0.29) is 23.6 Å². The molecule has 4 rings (SSSR count). The second kappa shape index (κ2) is 9.23. The Labute approximate surface area is 175 Å². The van der Waals surface area contributed by atoms with Crippen LogP contribution in [-0.2, 0) is 0 Å². The van der Waals surface area contributed by atoms with Crippen molar-refractivity contribution in [2.24, 2.45) is 10.7 Å². The van der Waals surface area contributed by atoms with Gasteiger partial charge in [-0.2, -0.15) is 0 Å². The minimum Gasteiger partial charge on any atom is -0.457 e. The van der Waals surface area contributed by atoms with Crippen LogP contribution in [0.1, 0.15) is 18.4 Å². The lowest BCUT2D eigenvalue weighted by Gasteiger charge is -2.20. The lowest BCUT2D eigenvalue weighted by molar-refractivity contribution is 0.453. The Balaban J connectivity index is 1.52. The predicted molar refractivity (Wildman–Crippen MR) is 116 cm³/mol. The van der Waals surface area contributed by atoms with Crippen LogP contribution in [0.4, 0.5) is 5.82 Å². The minimum absolute atomic E-state index is 0.0978. The van der Waals surface area contributed by atoms with Crippen LogP contribution in [0.15, 0.2) is 65.9 Å². The zero-order valence-electron chi connectivity index (χ0n) is 16.5. The zero-order valence-corrected chi connectivity index (χ0v) is 16.5. The normalized spacial score (nSPS) is 16.8. The van der Waals surface area contributed by atoms with Gasteiger partial charge in [-0.05, 0) is 55.8 Å². The smallest absolute Gasteiger partial charge is 0.235 e. The molecular weight excluding hydrogens is 380 g/mol. The van der Waals surface area contributed by atoms with Gasteiger partial charge in [-0.15, -0.1) is 0 Å². The number of hydrogen-bond acceptors (Lipinski definition) is 7. The van der Waals surface area contributed by atoms with Crippen LogP contribution in [-0.4, -0.2) is 34.9 Å². The van der Waals surface area contributed by atoms with E-state index in [1.54, 1.807) is 12.1 Å². The van der Waals surface area contributed by atoms with Crippen molar-refractivity contribution in [2.45, 2.75) is 18.9 Å². The van der Waals surface area contributed by atoms with Crippen LogP contribution in [0.3, 0.4) is 0 Å². The highest BCUT2D eigenvalue weighted by molar-refractivity contribution is 6.03. The van der Waals surface area contributed by atoms with Crippen LogP contribution in [0.2, 0.25) is 0 Å². The number of ether oxygens (including phenoxy) is 2. The number of hydrogen-bond donors (Lipinski definition) is 3. The van der Waals surface area contributed by atoms with Crippen molar-refractivity contribution < 1.29 is 9.47 Å². The van der Waals surface area contributed by atoms with Gasteiger partial charge in [0.15, 0.2) is 0 Å². The van der Waals surface area contributed by atoms with E-state index < -0.39 is 0 Å². The fraction of sp³-hybridized carbons (Fsp3) is 0.227. The van der Waals surface area contributed by atoms with Gasteiger partial charge in [0.1, 0.15) is 40.8 Å². The molecule has 1 atom stereocenters. The van der Waals surface area contributed by atoms with Gasteiger partial charge in [0.25, 0.3) is 0 Å². The first-order chi connectivity index (χ1) is 14.7. The summed E-state index contributed by atoms with van der Waals surface area (Å²) in [5, 5.41) is 3.32. The van der Waals surface area contributed by atoms with Crippen molar-refractivity contribution in [3.63, 3.8) is 0 Å². The van der Waals surface area contributed by atoms with Gasteiger partial charge >= 0.3 is 0 Å². The zero-order chi connectivity index (χ0) is 20.8. The molecule has 1 aliphatic heterocycles. The van der Waals surface area contributed by atoms with E-state index in [0.29, 0.717) is 17.1 Å². The van der Waals surface area contributed by atoms with Crippen molar-refractivity contribution in [2.75, 3.05) is 18.8 Å². The Hall–Kier alpha value is -3.65. The van der Waals surface area contributed by atoms with E-state index in [2.05, 4.69) is 20.3 Å². The molecule has 0 amide bonds. The fourth-order valence-electron chi connectivity index (χ4n) is 3.22. The largest absolute Gasteiger partial charge is 0.457 e. The SMILES string of the molecule is NC(=N[C@@H]1CCCNC1)c1c(N)ncnc1Oc1ccc(Oc2ccccc2)cc1. The molecule has 0 bridgehead atoms. The van der Waals surface area contributed by atoms with E-state index in [4.69, 9.17) is 20.9 Å². The van der Waals surface area contributed by atoms with Gasteiger partial charge in [0.05, 0.1) is 6.04 Å². The molecule has 1 saturated heterocycles. The van der Waals surface area contributed by atoms with E-state index >= 15 is 0 Å². The van der Waals surface area contributed by atoms with Gasteiger partial charge in [0, 0.05) is 6.54 Å². The quantitative estimate of drug-likeness (QED) is 0.426. The van der Waals surface area contributed by atoms with Crippen molar-refractivity contribution >= 4 is 11.7 Å². The molecule has 1 aromatic heterocycles. The van der Waals surface area contributed by atoms with Crippen molar-refractivity contribution in [1.29, 1.82) is 0 Å². The summed E-state index contributed by atoms with van der Waals surface area (Å²) in [7, 11) is 0. The van der Waals surface area contributed by atoms with Crippen LogP contribution in [0.5, 0.6) is 23.1 Å². The Kier molecular flexibility index (Phi) is 6.05. The molecule has 0 spiro atoms. The summed E-state index contributed by atoms with van der Waals surface area (Å²) >= 11 is 0. The number of rotatable bonds is 6. The molecule has 0 aliphatic carbocycles. The molecule has 5 N–H and O–H groups in total. The number of piperidine rings is 1. The lowest BCUT2D eigenvalue weighted by Crippen LogP contribution is -2.34. The van der Waals surface area contributed by atoms with Gasteiger partial charge in [-0.3, -0.25) is 4.99 Å². The highest BCUT2D eigenvalue weighted by Gasteiger charge is 2.18. The molecule has 1 fully saturated rings. The molecule has 154 valence electrons. The standard InChI is InChI=1S/C22H24N6O2/c23-20-19(21(24)28-15-5-4-12-25-13-15)22(27-14-26-20)30-18-10-8-17(9-11-18)29-16-6-2-1-3-7-16/h1-3,6-11,14-15,25H,4-5,12-13H2,(H2,24,28)(H2,23,26,27)/t15-/m1/s1. The number of nitrogen functional groups attached to an aromatic ring is 1. The monoisotopic (exact) mass is 404 g/mol. The molecule has 2 aromatic carbocycles. The summed E-state index contributed by atoms with van der Waals surface area (Å²) < 4.78 is 11.7. The average Bonchev–Trinajstić information content (AvgIpc) is 2.76. The Bertz CT molecular complexity index is 1000. The fourth-order valence-corrected chi connectivity index (χ4v) is 3.22. The first-order valence-corrected chi connectivity index (χ1v) is 9.84. The molecule has 30 heavy (non-hydrogen) atoms. The van der Waals surface area contributed by atoms with Crippen LogP contribution in [0.25, 0.3) is 0 Å². The maximum absolute atomic E-state index is 6.25. The van der Waals surface area contributed by atoms with E-state index in [9.17, 15) is 0 Å². The number of para-hydroxylation sites is 1. The number of nitrogens with two attached hydrogens (primary N) is 2. The third-order valence-electron chi connectivity index (χ3n) is 4.71. The Morgan fingerprint density at radius 1 is 0.967 bits per heavy atom.